The maximum Gasteiger partial charge on any atom is 0.0674 e. The molecule has 1 fully saturated rings. The maximum absolute atomic E-state index is 9.61. The molecule has 1 aliphatic heterocycles. The summed E-state index contributed by atoms with van der Waals surface area (Å²) < 4.78 is 5.75. The summed E-state index contributed by atoms with van der Waals surface area (Å²) in [6, 6.07) is 0.992. The van der Waals surface area contributed by atoms with Crippen molar-refractivity contribution in [2.24, 2.45) is 0 Å². The number of ether oxygens (including phenoxy) is 1. The van der Waals surface area contributed by atoms with Gasteiger partial charge in [0, 0.05) is 24.2 Å². The van der Waals surface area contributed by atoms with Crippen LogP contribution in [0.5, 0.6) is 0 Å². The monoisotopic (exact) mass is 300 g/mol. The first-order chi connectivity index (χ1) is 9.90. The van der Waals surface area contributed by atoms with Crippen LogP contribution >= 0.6 is 0 Å². The second-order valence-electron chi connectivity index (χ2n) is 7.18. The van der Waals surface area contributed by atoms with Crippen LogP contribution in [0, 0.1) is 0 Å². The largest absolute Gasteiger partial charge is 0.394 e. The normalized spacial score (nSPS) is 27.0. The number of morpholine rings is 1. The lowest BCUT2D eigenvalue weighted by atomic mass is 9.94. The van der Waals surface area contributed by atoms with Crippen molar-refractivity contribution in [3.63, 3.8) is 0 Å². The quantitative estimate of drug-likeness (QED) is 0.642. The molecule has 0 amide bonds. The SMILES string of the molecule is CCC1COC(C)CN1CCCCC(C)(CO)NC(C)C. The summed E-state index contributed by atoms with van der Waals surface area (Å²) in [7, 11) is 0. The predicted octanol–water partition coefficient (Wildman–Crippen LogP) is 2.41. The molecule has 126 valence electrons. The maximum atomic E-state index is 9.61. The molecule has 21 heavy (non-hydrogen) atoms. The third-order valence-corrected chi connectivity index (χ3v) is 4.46. The van der Waals surface area contributed by atoms with Crippen LogP contribution in [-0.4, -0.2) is 60.0 Å². The molecule has 1 heterocycles. The Balaban J connectivity index is 2.31. The topological polar surface area (TPSA) is 44.7 Å². The second-order valence-corrected chi connectivity index (χ2v) is 7.18. The highest BCUT2D eigenvalue weighted by Crippen LogP contribution is 2.18. The molecule has 1 rings (SSSR count). The minimum Gasteiger partial charge on any atom is -0.394 e. The first-order valence-electron chi connectivity index (χ1n) is 8.64. The first kappa shape index (κ1) is 18.9. The van der Waals surface area contributed by atoms with E-state index in [-0.39, 0.29) is 12.1 Å². The number of nitrogens with zero attached hydrogens (tertiary/aromatic N) is 1. The van der Waals surface area contributed by atoms with Crippen LogP contribution < -0.4 is 5.32 Å². The fraction of sp³-hybridized carbons (Fsp3) is 1.00. The van der Waals surface area contributed by atoms with Crippen molar-refractivity contribution in [3.05, 3.63) is 0 Å². The van der Waals surface area contributed by atoms with Crippen molar-refractivity contribution in [2.45, 2.75) is 84.0 Å². The fourth-order valence-corrected chi connectivity index (χ4v) is 3.29. The highest BCUT2D eigenvalue weighted by molar-refractivity contribution is 4.84. The molecule has 0 radical (unpaired) electrons. The van der Waals surface area contributed by atoms with E-state index in [0.29, 0.717) is 18.2 Å². The van der Waals surface area contributed by atoms with Crippen molar-refractivity contribution in [2.75, 3.05) is 26.3 Å². The van der Waals surface area contributed by atoms with Gasteiger partial charge in [0.15, 0.2) is 0 Å². The Labute approximate surface area is 131 Å². The zero-order valence-electron chi connectivity index (χ0n) is 14.7. The van der Waals surface area contributed by atoms with Gasteiger partial charge in [-0.25, -0.2) is 0 Å². The van der Waals surface area contributed by atoms with Crippen LogP contribution in [0.25, 0.3) is 0 Å². The summed E-state index contributed by atoms with van der Waals surface area (Å²) in [4.78, 5) is 2.58. The summed E-state index contributed by atoms with van der Waals surface area (Å²) in [6.07, 6.45) is 4.89. The minimum atomic E-state index is -0.142. The molecule has 0 aliphatic carbocycles. The van der Waals surface area contributed by atoms with Crippen LogP contribution in [-0.2, 0) is 4.74 Å². The average molecular weight is 300 g/mol. The van der Waals surface area contributed by atoms with Crippen LogP contribution in [0.1, 0.15) is 60.3 Å². The van der Waals surface area contributed by atoms with Crippen molar-refractivity contribution in [1.29, 1.82) is 0 Å². The summed E-state index contributed by atoms with van der Waals surface area (Å²) >= 11 is 0. The average Bonchev–Trinajstić information content (AvgIpc) is 2.43. The molecule has 3 atom stereocenters. The van der Waals surface area contributed by atoms with Gasteiger partial charge in [0.25, 0.3) is 0 Å². The molecule has 0 aromatic carbocycles. The van der Waals surface area contributed by atoms with Gasteiger partial charge in [0.05, 0.1) is 19.3 Å². The lowest BCUT2D eigenvalue weighted by molar-refractivity contribution is -0.0562. The first-order valence-corrected chi connectivity index (χ1v) is 8.64. The molecule has 0 aromatic rings. The molecule has 2 N–H and O–H groups in total. The molecule has 0 aromatic heterocycles. The Morgan fingerprint density at radius 1 is 1.38 bits per heavy atom. The Hall–Kier alpha value is -0.160. The molecule has 0 spiro atoms. The van der Waals surface area contributed by atoms with E-state index >= 15 is 0 Å². The highest BCUT2D eigenvalue weighted by Gasteiger charge is 2.26. The van der Waals surface area contributed by atoms with Gasteiger partial charge in [-0.05, 0) is 39.7 Å². The molecule has 1 saturated heterocycles. The van der Waals surface area contributed by atoms with E-state index in [4.69, 9.17) is 4.74 Å². The van der Waals surface area contributed by atoms with E-state index in [0.717, 1.165) is 39.0 Å². The zero-order valence-corrected chi connectivity index (χ0v) is 14.7. The molecular weight excluding hydrogens is 264 g/mol. The van der Waals surface area contributed by atoms with Gasteiger partial charge in [-0.1, -0.05) is 27.2 Å². The number of aliphatic hydroxyl groups is 1. The number of nitrogens with one attached hydrogen (secondary N) is 1. The third kappa shape index (κ3) is 6.64. The lowest BCUT2D eigenvalue weighted by Gasteiger charge is -2.38. The van der Waals surface area contributed by atoms with Gasteiger partial charge < -0.3 is 15.2 Å². The Morgan fingerprint density at radius 3 is 2.67 bits per heavy atom. The standard InChI is InChI=1S/C17H36N2O2/c1-6-16-12-21-15(4)11-19(16)10-8-7-9-17(5,13-20)18-14(2)3/h14-16,18,20H,6-13H2,1-5H3. The lowest BCUT2D eigenvalue weighted by Crippen LogP contribution is -2.50. The van der Waals surface area contributed by atoms with Crippen molar-refractivity contribution < 1.29 is 9.84 Å². The zero-order chi connectivity index (χ0) is 15.9. The Morgan fingerprint density at radius 2 is 2.10 bits per heavy atom. The molecule has 3 unspecified atom stereocenters. The highest BCUT2D eigenvalue weighted by atomic mass is 16.5. The van der Waals surface area contributed by atoms with Crippen LogP contribution in [0.2, 0.25) is 0 Å². The molecule has 4 nitrogen and oxygen atoms in total. The van der Waals surface area contributed by atoms with E-state index in [9.17, 15) is 5.11 Å². The Kier molecular flexibility index (Phi) is 8.17. The number of rotatable bonds is 9. The molecule has 4 heteroatoms. The van der Waals surface area contributed by atoms with Gasteiger partial charge >= 0.3 is 0 Å². The smallest absolute Gasteiger partial charge is 0.0674 e. The summed E-state index contributed by atoms with van der Waals surface area (Å²) in [5.74, 6) is 0. The van der Waals surface area contributed by atoms with E-state index in [1.54, 1.807) is 0 Å². The fourth-order valence-electron chi connectivity index (χ4n) is 3.29. The van der Waals surface area contributed by atoms with Gasteiger partial charge in [-0.2, -0.15) is 0 Å². The predicted molar refractivity (Wildman–Crippen MR) is 88.7 cm³/mol. The molecule has 1 aliphatic rings. The van der Waals surface area contributed by atoms with Crippen molar-refractivity contribution >= 4 is 0 Å². The van der Waals surface area contributed by atoms with Crippen LogP contribution in [0.3, 0.4) is 0 Å². The Bertz CT molecular complexity index is 286. The third-order valence-electron chi connectivity index (χ3n) is 4.46. The van der Waals surface area contributed by atoms with E-state index in [1.165, 1.54) is 6.42 Å². The van der Waals surface area contributed by atoms with E-state index in [2.05, 4.69) is 44.8 Å². The number of hydrogen-bond donors (Lipinski definition) is 2. The number of aliphatic hydroxyl groups excluding tert-OH is 1. The summed E-state index contributed by atoms with van der Waals surface area (Å²) in [5.41, 5.74) is -0.142. The number of unbranched alkanes of at least 4 members (excludes halogenated alkanes) is 1. The minimum absolute atomic E-state index is 0.142. The van der Waals surface area contributed by atoms with Gasteiger partial charge in [-0.3, -0.25) is 4.90 Å². The van der Waals surface area contributed by atoms with Crippen molar-refractivity contribution in [3.8, 4) is 0 Å². The van der Waals surface area contributed by atoms with Crippen LogP contribution in [0.4, 0.5) is 0 Å². The van der Waals surface area contributed by atoms with E-state index in [1.807, 2.05) is 0 Å². The second kappa shape index (κ2) is 9.09. The van der Waals surface area contributed by atoms with Gasteiger partial charge in [-0.15, -0.1) is 0 Å². The summed E-state index contributed by atoms with van der Waals surface area (Å²) in [5, 5.41) is 13.1. The van der Waals surface area contributed by atoms with Crippen molar-refractivity contribution in [1.82, 2.24) is 10.2 Å². The molecule has 0 bridgehead atoms. The van der Waals surface area contributed by atoms with Crippen LogP contribution in [0.15, 0.2) is 0 Å². The van der Waals surface area contributed by atoms with Gasteiger partial charge in [0.1, 0.15) is 0 Å². The molecular formula is C17H36N2O2. The van der Waals surface area contributed by atoms with Gasteiger partial charge in [0.2, 0.25) is 0 Å². The van der Waals surface area contributed by atoms with E-state index < -0.39 is 0 Å². The summed E-state index contributed by atoms with van der Waals surface area (Å²) in [6.45, 7) is 14.1. The number of hydrogen-bond acceptors (Lipinski definition) is 4. The molecule has 0 saturated carbocycles.